The molecule has 1 rings (SSSR count). The van der Waals surface area contributed by atoms with Gasteiger partial charge in [0.2, 0.25) is 0 Å². The van der Waals surface area contributed by atoms with Gasteiger partial charge in [-0.25, -0.2) is 0 Å². The Balaban J connectivity index is 2.95. The fraction of sp³-hybridized carbons (Fsp3) is 0.800. The van der Waals surface area contributed by atoms with Crippen molar-refractivity contribution in [2.75, 3.05) is 13.2 Å². The molecule has 1 aliphatic rings. The second-order valence-corrected chi connectivity index (χ2v) is 7.30. The molecule has 1 aliphatic heterocycles. The van der Waals surface area contributed by atoms with E-state index in [0.717, 1.165) is 12.8 Å². The van der Waals surface area contributed by atoms with Crippen LogP contribution >= 0.6 is 7.60 Å². The standard InChI is InChI=1S/C15H28NO5P/c1-4-11(5-2)9-14(22(18,19)20)12-7-8-16-13(10-12)15(17)21-6-3/h9,11-13,16H,4-8,10H2,1-3H3,(H2,18,19,20)/b14-9+. The third-order valence-corrected chi connectivity index (χ3v) is 5.37. The second kappa shape index (κ2) is 8.82. The van der Waals surface area contributed by atoms with Gasteiger partial charge in [0.1, 0.15) is 6.04 Å². The van der Waals surface area contributed by atoms with Crippen LogP contribution in [0.4, 0.5) is 0 Å². The van der Waals surface area contributed by atoms with E-state index in [9.17, 15) is 19.1 Å². The van der Waals surface area contributed by atoms with Gasteiger partial charge in [0.05, 0.1) is 6.61 Å². The number of rotatable bonds is 7. The van der Waals surface area contributed by atoms with E-state index in [0.29, 0.717) is 26.0 Å². The Labute approximate surface area is 132 Å². The van der Waals surface area contributed by atoms with Gasteiger partial charge in [-0.3, -0.25) is 9.36 Å². The van der Waals surface area contributed by atoms with Gasteiger partial charge in [-0.2, -0.15) is 0 Å². The van der Waals surface area contributed by atoms with Crippen LogP contribution in [-0.4, -0.2) is 34.9 Å². The fourth-order valence-electron chi connectivity index (χ4n) is 2.85. The molecule has 0 radical (unpaired) electrons. The predicted octanol–water partition coefficient (Wildman–Crippen LogP) is 2.42. The van der Waals surface area contributed by atoms with Gasteiger partial charge in [-0.15, -0.1) is 0 Å². The summed E-state index contributed by atoms with van der Waals surface area (Å²) in [6, 6.07) is -0.490. The number of allylic oxidation sites excluding steroid dienone is 2. The molecule has 1 heterocycles. The number of hydrogen-bond donors (Lipinski definition) is 3. The van der Waals surface area contributed by atoms with Crippen LogP contribution in [0.3, 0.4) is 0 Å². The number of piperidine rings is 1. The summed E-state index contributed by atoms with van der Waals surface area (Å²) in [5.74, 6) is -0.476. The highest BCUT2D eigenvalue weighted by molar-refractivity contribution is 7.56. The van der Waals surface area contributed by atoms with E-state index in [1.54, 1.807) is 13.0 Å². The highest BCUT2D eigenvalue weighted by atomic mass is 31.2. The molecule has 128 valence electrons. The summed E-state index contributed by atoms with van der Waals surface area (Å²) in [6.45, 7) is 6.61. The lowest BCUT2D eigenvalue weighted by Gasteiger charge is -2.31. The number of esters is 1. The molecule has 0 bridgehead atoms. The van der Waals surface area contributed by atoms with Crippen LogP contribution in [0.5, 0.6) is 0 Å². The van der Waals surface area contributed by atoms with E-state index >= 15 is 0 Å². The van der Waals surface area contributed by atoms with E-state index in [1.165, 1.54) is 0 Å². The lowest BCUT2D eigenvalue weighted by atomic mass is 9.90. The highest BCUT2D eigenvalue weighted by Crippen LogP contribution is 2.52. The SMILES string of the molecule is CCOC(=O)C1CC(/C(=C\C(CC)CC)P(=O)(O)O)CCN1. The average molecular weight is 333 g/mol. The molecule has 22 heavy (non-hydrogen) atoms. The number of nitrogens with one attached hydrogen (secondary N) is 1. The van der Waals surface area contributed by atoms with Crippen molar-refractivity contribution < 1.29 is 23.9 Å². The van der Waals surface area contributed by atoms with Gasteiger partial charge in [0.15, 0.2) is 0 Å². The average Bonchev–Trinajstić information content (AvgIpc) is 2.47. The number of hydrogen-bond acceptors (Lipinski definition) is 4. The molecule has 1 saturated heterocycles. The minimum atomic E-state index is -4.32. The van der Waals surface area contributed by atoms with Crippen LogP contribution in [0, 0.1) is 11.8 Å². The maximum absolute atomic E-state index is 11.9. The lowest BCUT2D eigenvalue weighted by Crippen LogP contribution is -2.44. The maximum atomic E-state index is 11.9. The summed E-state index contributed by atoms with van der Waals surface area (Å²) in [5, 5.41) is 3.26. The molecule has 0 amide bonds. The van der Waals surface area contributed by atoms with Gasteiger partial charge in [-0.1, -0.05) is 19.9 Å². The number of carbonyl (C=O) groups excluding carboxylic acids is 1. The minimum absolute atomic E-state index is 0.151. The van der Waals surface area contributed by atoms with Gasteiger partial charge in [0.25, 0.3) is 0 Å². The third-order valence-electron chi connectivity index (χ3n) is 4.18. The van der Waals surface area contributed by atoms with Crippen LogP contribution in [0.15, 0.2) is 11.4 Å². The zero-order valence-corrected chi connectivity index (χ0v) is 14.5. The summed E-state index contributed by atoms with van der Waals surface area (Å²) >= 11 is 0. The molecule has 2 unspecified atom stereocenters. The normalized spacial score (nSPS) is 23.6. The van der Waals surface area contributed by atoms with Crippen molar-refractivity contribution >= 4 is 13.6 Å². The molecule has 0 aromatic heterocycles. The Bertz CT molecular complexity index is 441. The van der Waals surface area contributed by atoms with Crippen molar-refractivity contribution in [2.45, 2.75) is 52.5 Å². The fourth-order valence-corrected chi connectivity index (χ4v) is 3.96. The van der Waals surface area contributed by atoms with E-state index in [2.05, 4.69) is 5.32 Å². The summed E-state index contributed by atoms with van der Waals surface area (Å²) in [6.07, 6.45) is 4.40. The van der Waals surface area contributed by atoms with E-state index < -0.39 is 13.6 Å². The van der Waals surface area contributed by atoms with Crippen molar-refractivity contribution in [2.24, 2.45) is 11.8 Å². The lowest BCUT2D eigenvalue weighted by molar-refractivity contribution is -0.146. The summed E-state index contributed by atoms with van der Waals surface area (Å²) in [7, 11) is -4.32. The smallest absolute Gasteiger partial charge is 0.352 e. The van der Waals surface area contributed by atoms with Gasteiger partial charge < -0.3 is 19.8 Å². The predicted molar refractivity (Wildman–Crippen MR) is 85.3 cm³/mol. The van der Waals surface area contributed by atoms with Crippen molar-refractivity contribution in [1.29, 1.82) is 0 Å². The van der Waals surface area contributed by atoms with Crippen molar-refractivity contribution in [3.05, 3.63) is 11.4 Å². The number of carbonyl (C=O) groups is 1. The Morgan fingerprint density at radius 3 is 2.50 bits per heavy atom. The first kappa shape index (κ1) is 19.4. The topological polar surface area (TPSA) is 95.9 Å². The quantitative estimate of drug-likeness (QED) is 0.489. The molecule has 1 fully saturated rings. The van der Waals surface area contributed by atoms with Crippen molar-refractivity contribution in [3.8, 4) is 0 Å². The molecule has 7 heteroatoms. The van der Waals surface area contributed by atoms with E-state index in [-0.39, 0.29) is 23.1 Å². The Morgan fingerprint density at radius 1 is 1.36 bits per heavy atom. The maximum Gasteiger partial charge on any atom is 0.352 e. The Hall–Kier alpha value is -0.680. The van der Waals surface area contributed by atoms with E-state index in [1.807, 2.05) is 13.8 Å². The first-order valence-corrected chi connectivity index (χ1v) is 9.62. The minimum Gasteiger partial charge on any atom is -0.465 e. The third kappa shape index (κ3) is 5.51. The molecule has 0 aromatic carbocycles. The summed E-state index contributed by atoms with van der Waals surface area (Å²) < 4.78 is 16.9. The van der Waals surface area contributed by atoms with Crippen LogP contribution in [0.2, 0.25) is 0 Å². The van der Waals surface area contributed by atoms with Crippen molar-refractivity contribution in [1.82, 2.24) is 5.32 Å². The Kier molecular flexibility index (Phi) is 7.77. The second-order valence-electron chi connectivity index (χ2n) is 5.69. The van der Waals surface area contributed by atoms with E-state index in [4.69, 9.17) is 4.74 Å². The molecule has 6 nitrogen and oxygen atoms in total. The van der Waals surface area contributed by atoms with Crippen LogP contribution in [0.1, 0.15) is 46.5 Å². The molecular formula is C15H28NO5P. The van der Waals surface area contributed by atoms with Gasteiger partial charge in [0, 0.05) is 5.31 Å². The zero-order valence-electron chi connectivity index (χ0n) is 13.6. The number of ether oxygens (including phenoxy) is 1. The van der Waals surface area contributed by atoms with Gasteiger partial charge in [-0.05, 0) is 51.0 Å². The first-order chi connectivity index (χ1) is 10.3. The van der Waals surface area contributed by atoms with Crippen LogP contribution in [0.25, 0.3) is 0 Å². The zero-order chi connectivity index (χ0) is 16.8. The molecule has 0 aliphatic carbocycles. The molecule has 0 aromatic rings. The van der Waals surface area contributed by atoms with Crippen LogP contribution < -0.4 is 5.32 Å². The molecule has 0 spiro atoms. The van der Waals surface area contributed by atoms with Crippen molar-refractivity contribution in [3.63, 3.8) is 0 Å². The summed E-state index contributed by atoms with van der Waals surface area (Å²) in [4.78, 5) is 31.3. The highest BCUT2D eigenvalue weighted by Gasteiger charge is 2.36. The molecule has 0 saturated carbocycles. The van der Waals surface area contributed by atoms with Crippen LogP contribution in [-0.2, 0) is 14.1 Å². The monoisotopic (exact) mass is 333 g/mol. The largest absolute Gasteiger partial charge is 0.465 e. The first-order valence-electron chi connectivity index (χ1n) is 8.01. The molecular weight excluding hydrogens is 305 g/mol. The summed E-state index contributed by atoms with van der Waals surface area (Å²) in [5.41, 5.74) is 0. The van der Waals surface area contributed by atoms with Gasteiger partial charge >= 0.3 is 13.6 Å². The molecule has 2 atom stereocenters. The Morgan fingerprint density at radius 2 is 2.00 bits per heavy atom. The molecule has 3 N–H and O–H groups in total.